The molecule has 1 aromatic carbocycles. The molecule has 1 fully saturated rings. The SMILES string of the molecule is COCc1cccc(CNC(=O)N(C)C2CCC(C)CC2)c1. The van der Waals surface area contributed by atoms with Gasteiger partial charge in [0.25, 0.3) is 0 Å². The number of ether oxygens (including phenoxy) is 1. The Balaban J connectivity index is 1.82. The minimum Gasteiger partial charge on any atom is -0.380 e. The van der Waals surface area contributed by atoms with Gasteiger partial charge in [0, 0.05) is 26.7 Å². The van der Waals surface area contributed by atoms with Crippen molar-refractivity contribution in [1.82, 2.24) is 10.2 Å². The van der Waals surface area contributed by atoms with Gasteiger partial charge < -0.3 is 15.0 Å². The van der Waals surface area contributed by atoms with E-state index >= 15 is 0 Å². The summed E-state index contributed by atoms with van der Waals surface area (Å²) >= 11 is 0. The number of urea groups is 1. The van der Waals surface area contributed by atoms with Crippen molar-refractivity contribution in [2.45, 2.75) is 51.8 Å². The van der Waals surface area contributed by atoms with E-state index in [0.29, 0.717) is 19.2 Å². The number of methoxy groups -OCH3 is 1. The van der Waals surface area contributed by atoms with E-state index in [-0.39, 0.29) is 6.03 Å². The molecule has 2 rings (SSSR count). The van der Waals surface area contributed by atoms with Crippen LogP contribution in [-0.4, -0.2) is 31.1 Å². The Labute approximate surface area is 133 Å². The molecule has 0 saturated heterocycles. The van der Waals surface area contributed by atoms with Gasteiger partial charge in [0.15, 0.2) is 0 Å². The van der Waals surface area contributed by atoms with Gasteiger partial charge in [-0.25, -0.2) is 4.79 Å². The molecule has 1 aliphatic rings. The van der Waals surface area contributed by atoms with Crippen LogP contribution in [0, 0.1) is 5.92 Å². The molecular formula is C18H28N2O2. The average Bonchev–Trinajstić information content (AvgIpc) is 2.53. The van der Waals surface area contributed by atoms with Crippen LogP contribution in [0.3, 0.4) is 0 Å². The van der Waals surface area contributed by atoms with Gasteiger partial charge in [-0.05, 0) is 42.7 Å². The standard InChI is InChI=1S/C18H28N2O2/c1-14-7-9-17(10-8-14)20(2)18(21)19-12-15-5-4-6-16(11-15)13-22-3/h4-6,11,14,17H,7-10,12-13H2,1-3H3,(H,19,21). The monoisotopic (exact) mass is 304 g/mol. The fourth-order valence-electron chi connectivity index (χ4n) is 3.09. The zero-order chi connectivity index (χ0) is 15.9. The summed E-state index contributed by atoms with van der Waals surface area (Å²) in [5.74, 6) is 0.802. The van der Waals surface area contributed by atoms with E-state index in [1.54, 1.807) is 7.11 Å². The fourth-order valence-corrected chi connectivity index (χ4v) is 3.09. The van der Waals surface area contributed by atoms with Crippen LogP contribution in [-0.2, 0) is 17.9 Å². The minimum absolute atomic E-state index is 0.0247. The predicted octanol–water partition coefficient (Wildman–Crippen LogP) is 3.55. The summed E-state index contributed by atoms with van der Waals surface area (Å²) in [5.41, 5.74) is 2.23. The molecule has 0 atom stereocenters. The molecule has 1 N–H and O–H groups in total. The van der Waals surface area contributed by atoms with Gasteiger partial charge in [0.2, 0.25) is 0 Å². The topological polar surface area (TPSA) is 41.6 Å². The zero-order valence-corrected chi connectivity index (χ0v) is 14.0. The largest absolute Gasteiger partial charge is 0.380 e. The molecule has 0 aromatic heterocycles. The van der Waals surface area contributed by atoms with Crippen LogP contribution in [0.1, 0.15) is 43.7 Å². The van der Waals surface area contributed by atoms with Gasteiger partial charge in [-0.2, -0.15) is 0 Å². The second-order valence-corrected chi connectivity index (χ2v) is 6.44. The number of rotatable bonds is 5. The number of amides is 2. The molecule has 0 unspecified atom stereocenters. The van der Waals surface area contributed by atoms with Crippen molar-refractivity contribution in [3.05, 3.63) is 35.4 Å². The van der Waals surface area contributed by atoms with Crippen molar-refractivity contribution in [2.24, 2.45) is 5.92 Å². The van der Waals surface area contributed by atoms with Crippen molar-refractivity contribution in [3.63, 3.8) is 0 Å². The van der Waals surface area contributed by atoms with Crippen LogP contribution in [0.4, 0.5) is 4.79 Å². The second kappa shape index (κ2) is 8.18. The van der Waals surface area contributed by atoms with Crippen LogP contribution in [0.5, 0.6) is 0 Å². The first kappa shape index (κ1) is 16.8. The van der Waals surface area contributed by atoms with Gasteiger partial charge >= 0.3 is 6.03 Å². The van der Waals surface area contributed by atoms with Crippen LogP contribution in [0.25, 0.3) is 0 Å². The Kier molecular flexibility index (Phi) is 6.25. The first-order valence-electron chi connectivity index (χ1n) is 8.17. The van der Waals surface area contributed by atoms with Crippen LogP contribution in [0.2, 0.25) is 0 Å². The van der Waals surface area contributed by atoms with Gasteiger partial charge in [0.05, 0.1) is 6.61 Å². The summed E-state index contributed by atoms with van der Waals surface area (Å²) in [6.07, 6.45) is 4.69. The van der Waals surface area contributed by atoms with Gasteiger partial charge in [-0.15, -0.1) is 0 Å². The normalized spacial score (nSPS) is 21.4. The zero-order valence-electron chi connectivity index (χ0n) is 14.0. The molecular weight excluding hydrogens is 276 g/mol. The van der Waals surface area contributed by atoms with Crippen LogP contribution >= 0.6 is 0 Å². The number of carbonyl (C=O) groups is 1. The summed E-state index contributed by atoms with van der Waals surface area (Å²) < 4.78 is 5.14. The maximum absolute atomic E-state index is 12.3. The molecule has 0 spiro atoms. The van der Waals surface area contributed by atoms with Gasteiger partial charge in [-0.1, -0.05) is 31.2 Å². The van der Waals surface area contributed by atoms with E-state index in [0.717, 1.165) is 29.9 Å². The highest BCUT2D eigenvalue weighted by Gasteiger charge is 2.24. The maximum atomic E-state index is 12.3. The molecule has 0 heterocycles. The molecule has 4 heteroatoms. The fraction of sp³-hybridized carbons (Fsp3) is 0.611. The lowest BCUT2D eigenvalue weighted by atomic mass is 9.87. The Bertz CT molecular complexity index is 482. The number of carbonyl (C=O) groups excluding carboxylic acids is 1. The molecule has 0 aliphatic heterocycles. The molecule has 4 nitrogen and oxygen atoms in total. The summed E-state index contributed by atoms with van der Waals surface area (Å²) in [7, 11) is 3.60. The van der Waals surface area contributed by atoms with E-state index in [1.165, 1.54) is 12.8 Å². The number of nitrogens with one attached hydrogen (secondary N) is 1. The molecule has 1 aliphatic carbocycles. The predicted molar refractivity (Wildman–Crippen MR) is 88.6 cm³/mol. The van der Waals surface area contributed by atoms with Crippen molar-refractivity contribution in [3.8, 4) is 0 Å². The highest BCUT2D eigenvalue weighted by molar-refractivity contribution is 5.74. The molecule has 1 saturated carbocycles. The van der Waals surface area contributed by atoms with E-state index < -0.39 is 0 Å². The molecule has 2 amide bonds. The van der Waals surface area contributed by atoms with Crippen molar-refractivity contribution < 1.29 is 9.53 Å². The number of hydrogen-bond donors (Lipinski definition) is 1. The van der Waals surface area contributed by atoms with Crippen LogP contribution in [0.15, 0.2) is 24.3 Å². The summed E-state index contributed by atoms with van der Waals surface area (Å²) in [6, 6.07) is 8.55. The van der Waals surface area contributed by atoms with Crippen molar-refractivity contribution in [2.75, 3.05) is 14.2 Å². The number of benzene rings is 1. The molecule has 0 radical (unpaired) electrons. The van der Waals surface area contributed by atoms with E-state index in [2.05, 4.69) is 18.3 Å². The van der Waals surface area contributed by atoms with Crippen molar-refractivity contribution >= 4 is 6.03 Å². The lowest BCUT2D eigenvalue weighted by Crippen LogP contribution is -2.44. The molecule has 0 bridgehead atoms. The first-order valence-corrected chi connectivity index (χ1v) is 8.17. The Morgan fingerprint density at radius 3 is 2.64 bits per heavy atom. The number of nitrogens with zero attached hydrogens (tertiary/aromatic N) is 1. The first-order chi connectivity index (χ1) is 10.6. The quantitative estimate of drug-likeness (QED) is 0.904. The third-order valence-corrected chi connectivity index (χ3v) is 4.60. The minimum atomic E-state index is 0.0247. The summed E-state index contributed by atoms with van der Waals surface area (Å²) in [5, 5.41) is 3.02. The van der Waals surface area contributed by atoms with E-state index in [9.17, 15) is 4.79 Å². The van der Waals surface area contributed by atoms with Crippen molar-refractivity contribution in [1.29, 1.82) is 0 Å². The smallest absolute Gasteiger partial charge is 0.317 e. The second-order valence-electron chi connectivity index (χ2n) is 6.44. The third-order valence-electron chi connectivity index (χ3n) is 4.60. The van der Waals surface area contributed by atoms with Gasteiger partial charge in [-0.3, -0.25) is 0 Å². The number of hydrogen-bond acceptors (Lipinski definition) is 2. The van der Waals surface area contributed by atoms with E-state index in [1.807, 2.05) is 30.1 Å². The lowest BCUT2D eigenvalue weighted by molar-refractivity contribution is 0.163. The maximum Gasteiger partial charge on any atom is 0.317 e. The summed E-state index contributed by atoms with van der Waals surface area (Å²) in [4.78, 5) is 14.2. The lowest BCUT2D eigenvalue weighted by Gasteiger charge is -2.33. The Hall–Kier alpha value is -1.55. The Morgan fingerprint density at radius 2 is 1.95 bits per heavy atom. The highest BCUT2D eigenvalue weighted by Crippen LogP contribution is 2.26. The Morgan fingerprint density at radius 1 is 1.27 bits per heavy atom. The summed E-state index contributed by atoms with van der Waals surface area (Å²) in [6.45, 7) is 3.45. The molecule has 1 aromatic rings. The van der Waals surface area contributed by atoms with Gasteiger partial charge in [0.1, 0.15) is 0 Å². The molecule has 122 valence electrons. The highest BCUT2D eigenvalue weighted by atomic mass is 16.5. The average molecular weight is 304 g/mol. The van der Waals surface area contributed by atoms with E-state index in [4.69, 9.17) is 4.74 Å². The van der Waals surface area contributed by atoms with Crippen LogP contribution < -0.4 is 5.32 Å². The molecule has 22 heavy (non-hydrogen) atoms. The third kappa shape index (κ3) is 4.73.